The highest BCUT2D eigenvalue weighted by Gasteiger charge is 2.29. The fourth-order valence-corrected chi connectivity index (χ4v) is 2.80. The van der Waals surface area contributed by atoms with Gasteiger partial charge < -0.3 is 15.2 Å². The minimum atomic E-state index is -0.667. The predicted octanol–water partition coefficient (Wildman–Crippen LogP) is 2.83. The number of nitrogens with two attached hydrogens (primary N) is 1. The molecular weight excluding hydrogens is 330 g/mol. The molecule has 0 saturated heterocycles. The maximum atomic E-state index is 12.3. The van der Waals surface area contributed by atoms with Crippen LogP contribution in [-0.4, -0.2) is 36.4 Å². The standard InChI is InChI=1S/C16H17N3O4S/c1-3-22-15(20)11-12(16(21)23-4-2)14(24-13(11)17)19-9-10-5-7-18-8-6-10/h5-9H,3-4,17H2,1-2H3/b19-9+. The Kier molecular flexibility index (Phi) is 6.02. The fraction of sp³-hybridized carbons (Fsp3) is 0.250. The van der Waals surface area contributed by atoms with Crippen molar-refractivity contribution < 1.29 is 19.1 Å². The van der Waals surface area contributed by atoms with E-state index in [1.165, 1.54) is 0 Å². The van der Waals surface area contributed by atoms with Gasteiger partial charge in [0.15, 0.2) is 0 Å². The van der Waals surface area contributed by atoms with Gasteiger partial charge in [-0.05, 0) is 31.5 Å². The first kappa shape index (κ1) is 17.6. The van der Waals surface area contributed by atoms with Gasteiger partial charge in [-0.15, -0.1) is 0 Å². The highest BCUT2D eigenvalue weighted by Crippen LogP contribution is 2.38. The molecule has 2 aromatic rings. The van der Waals surface area contributed by atoms with E-state index >= 15 is 0 Å². The van der Waals surface area contributed by atoms with Crippen molar-refractivity contribution in [2.24, 2.45) is 4.99 Å². The molecule has 0 saturated carbocycles. The first-order valence-electron chi connectivity index (χ1n) is 7.29. The topological polar surface area (TPSA) is 104 Å². The van der Waals surface area contributed by atoms with Crippen molar-refractivity contribution in [2.45, 2.75) is 13.8 Å². The Balaban J connectivity index is 2.47. The largest absolute Gasteiger partial charge is 0.462 e. The smallest absolute Gasteiger partial charge is 0.342 e. The van der Waals surface area contributed by atoms with E-state index in [4.69, 9.17) is 15.2 Å². The summed E-state index contributed by atoms with van der Waals surface area (Å²) < 4.78 is 10.00. The lowest BCUT2D eigenvalue weighted by Crippen LogP contribution is -2.13. The van der Waals surface area contributed by atoms with E-state index in [2.05, 4.69) is 9.98 Å². The monoisotopic (exact) mass is 347 g/mol. The average molecular weight is 347 g/mol. The second kappa shape index (κ2) is 8.21. The number of hydrogen-bond acceptors (Lipinski definition) is 8. The molecule has 2 rings (SSSR count). The second-order valence-electron chi connectivity index (χ2n) is 4.50. The molecule has 0 aliphatic rings. The molecule has 0 fully saturated rings. The SMILES string of the molecule is CCOC(=O)c1c(N)sc(/N=C/c2ccncc2)c1C(=O)OCC. The van der Waals surface area contributed by atoms with Crippen LogP contribution in [0.3, 0.4) is 0 Å². The summed E-state index contributed by atoms with van der Waals surface area (Å²) in [6, 6.07) is 3.52. The summed E-state index contributed by atoms with van der Waals surface area (Å²) in [6.07, 6.45) is 4.81. The number of carbonyl (C=O) groups is 2. The first-order chi connectivity index (χ1) is 11.6. The number of carbonyl (C=O) groups excluding carboxylic acids is 2. The Hall–Kier alpha value is -2.74. The summed E-state index contributed by atoms with van der Waals surface area (Å²) in [5.74, 6) is -1.32. The van der Waals surface area contributed by atoms with Gasteiger partial charge in [-0.2, -0.15) is 0 Å². The summed E-state index contributed by atoms with van der Waals surface area (Å²) in [6.45, 7) is 3.70. The first-order valence-corrected chi connectivity index (χ1v) is 8.10. The van der Waals surface area contributed by atoms with Gasteiger partial charge >= 0.3 is 11.9 Å². The maximum Gasteiger partial charge on any atom is 0.342 e. The molecule has 126 valence electrons. The lowest BCUT2D eigenvalue weighted by atomic mass is 10.1. The van der Waals surface area contributed by atoms with Crippen LogP contribution in [-0.2, 0) is 9.47 Å². The van der Waals surface area contributed by atoms with Gasteiger partial charge in [-0.1, -0.05) is 11.3 Å². The lowest BCUT2D eigenvalue weighted by Gasteiger charge is -2.05. The van der Waals surface area contributed by atoms with Crippen LogP contribution < -0.4 is 5.73 Å². The van der Waals surface area contributed by atoms with Crippen molar-refractivity contribution in [3.63, 3.8) is 0 Å². The minimum absolute atomic E-state index is 0.00202. The van der Waals surface area contributed by atoms with Crippen LogP contribution in [0.1, 0.15) is 40.1 Å². The second-order valence-corrected chi connectivity index (χ2v) is 5.53. The quantitative estimate of drug-likeness (QED) is 0.636. The third-order valence-corrected chi connectivity index (χ3v) is 3.84. The molecule has 7 nitrogen and oxygen atoms in total. The summed E-state index contributed by atoms with van der Waals surface area (Å²) in [5, 5.41) is 0.462. The Morgan fingerprint density at radius 2 is 1.75 bits per heavy atom. The molecular formula is C16H17N3O4S. The Morgan fingerprint density at radius 3 is 2.33 bits per heavy atom. The zero-order valence-corrected chi connectivity index (χ0v) is 14.1. The van der Waals surface area contributed by atoms with Gasteiger partial charge in [0.2, 0.25) is 0 Å². The van der Waals surface area contributed by atoms with Crippen molar-refractivity contribution in [3.05, 3.63) is 41.2 Å². The molecule has 2 heterocycles. The van der Waals surface area contributed by atoms with Crippen molar-refractivity contribution in [1.82, 2.24) is 4.98 Å². The van der Waals surface area contributed by atoms with E-state index in [0.29, 0.717) is 5.00 Å². The number of anilines is 1. The third kappa shape index (κ3) is 3.96. The Morgan fingerprint density at radius 1 is 1.17 bits per heavy atom. The third-order valence-electron chi connectivity index (χ3n) is 2.91. The molecule has 0 atom stereocenters. The van der Waals surface area contributed by atoms with Gasteiger partial charge in [0, 0.05) is 18.6 Å². The van der Waals surface area contributed by atoms with Crippen LogP contribution in [0.25, 0.3) is 0 Å². The van der Waals surface area contributed by atoms with E-state index in [1.54, 1.807) is 44.6 Å². The van der Waals surface area contributed by atoms with Crippen LogP contribution >= 0.6 is 11.3 Å². The van der Waals surface area contributed by atoms with Gasteiger partial charge in [0.1, 0.15) is 21.1 Å². The maximum absolute atomic E-state index is 12.3. The van der Waals surface area contributed by atoms with Crippen LogP contribution in [0.5, 0.6) is 0 Å². The number of thiophene rings is 1. The summed E-state index contributed by atoms with van der Waals surface area (Å²) in [5.41, 5.74) is 6.73. The van der Waals surface area contributed by atoms with E-state index < -0.39 is 11.9 Å². The summed E-state index contributed by atoms with van der Waals surface area (Å²) in [4.78, 5) is 32.6. The number of aromatic nitrogens is 1. The summed E-state index contributed by atoms with van der Waals surface area (Å²) in [7, 11) is 0. The number of ether oxygens (including phenoxy) is 2. The average Bonchev–Trinajstić information content (AvgIpc) is 2.91. The molecule has 0 spiro atoms. The van der Waals surface area contributed by atoms with Gasteiger partial charge in [-0.25, -0.2) is 14.6 Å². The number of aliphatic imine (C=N–C) groups is 1. The van der Waals surface area contributed by atoms with Gasteiger partial charge in [-0.3, -0.25) is 4.98 Å². The number of pyridine rings is 1. The number of nitrogens with zero attached hydrogens (tertiary/aromatic N) is 2. The molecule has 0 aromatic carbocycles. The number of esters is 2. The molecule has 0 unspecified atom stereocenters. The van der Waals surface area contributed by atoms with E-state index in [1.807, 2.05) is 0 Å². The molecule has 8 heteroatoms. The number of nitrogen functional groups attached to an aromatic ring is 1. The fourth-order valence-electron chi connectivity index (χ4n) is 1.91. The normalized spacial score (nSPS) is 10.8. The van der Waals surface area contributed by atoms with Gasteiger partial charge in [0.05, 0.1) is 13.2 Å². The van der Waals surface area contributed by atoms with Crippen molar-refractivity contribution >= 4 is 39.5 Å². The highest BCUT2D eigenvalue weighted by atomic mass is 32.1. The number of rotatable bonds is 6. The molecule has 0 amide bonds. The molecule has 0 bridgehead atoms. The molecule has 2 aromatic heterocycles. The minimum Gasteiger partial charge on any atom is -0.462 e. The van der Waals surface area contributed by atoms with Crippen molar-refractivity contribution in [1.29, 1.82) is 0 Å². The van der Waals surface area contributed by atoms with E-state index in [-0.39, 0.29) is 29.3 Å². The number of hydrogen-bond donors (Lipinski definition) is 1. The van der Waals surface area contributed by atoms with Gasteiger partial charge in [0.25, 0.3) is 0 Å². The Bertz CT molecular complexity index is 756. The van der Waals surface area contributed by atoms with E-state index in [0.717, 1.165) is 16.9 Å². The van der Waals surface area contributed by atoms with Crippen LogP contribution in [0.15, 0.2) is 29.5 Å². The predicted molar refractivity (Wildman–Crippen MR) is 92.1 cm³/mol. The molecule has 24 heavy (non-hydrogen) atoms. The van der Waals surface area contributed by atoms with Crippen LogP contribution in [0, 0.1) is 0 Å². The van der Waals surface area contributed by atoms with Crippen LogP contribution in [0.2, 0.25) is 0 Å². The highest BCUT2D eigenvalue weighted by molar-refractivity contribution is 7.20. The molecule has 0 aliphatic carbocycles. The zero-order valence-electron chi connectivity index (χ0n) is 13.3. The summed E-state index contributed by atoms with van der Waals surface area (Å²) >= 11 is 1.03. The Labute approximate surface area is 143 Å². The molecule has 0 aliphatic heterocycles. The lowest BCUT2D eigenvalue weighted by molar-refractivity contribution is 0.0481. The molecule has 2 N–H and O–H groups in total. The zero-order chi connectivity index (χ0) is 17.5. The molecule has 0 radical (unpaired) electrons. The van der Waals surface area contributed by atoms with E-state index in [9.17, 15) is 9.59 Å². The van der Waals surface area contributed by atoms with Crippen LogP contribution in [0.4, 0.5) is 10.0 Å². The van der Waals surface area contributed by atoms with Crippen molar-refractivity contribution in [3.8, 4) is 0 Å². The van der Waals surface area contributed by atoms with Crippen molar-refractivity contribution in [2.75, 3.05) is 18.9 Å².